The zero-order chi connectivity index (χ0) is 18.1. The van der Waals surface area contributed by atoms with Crippen LogP contribution in [0.1, 0.15) is 24.0 Å². The van der Waals surface area contributed by atoms with Crippen molar-refractivity contribution in [2.45, 2.75) is 37.6 Å². The molecule has 8 heteroatoms. The standard InChI is InChI=1S/C16H23FN2O4S/c1-11-8-13(17)9-12(2)16(11)24(22,23)19-6-4-14(5-7-19)18(3)10-15(20)21/h8-9,14H,4-7,10H2,1-3H3,(H,20,21). The summed E-state index contributed by atoms with van der Waals surface area (Å²) < 4.78 is 40.6. The lowest BCUT2D eigenvalue weighted by Crippen LogP contribution is -2.46. The highest BCUT2D eigenvalue weighted by atomic mass is 32.2. The third-order valence-corrected chi connectivity index (χ3v) is 6.66. The van der Waals surface area contributed by atoms with Crippen LogP contribution in [-0.4, -0.2) is 61.4 Å². The van der Waals surface area contributed by atoms with Crippen LogP contribution >= 0.6 is 0 Å². The van der Waals surface area contributed by atoms with E-state index in [9.17, 15) is 17.6 Å². The Morgan fingerprint density at radius 1 is 1.29 bits per heavy atom. The lowest BCUT2D eigenvalue weighted by molar-refractivity contribution is -0.138. The predicted octanol–water partition coefficient (Wildman–Crippen LogP) is 1.61. The van der Waals surface area contributed by atoms with Gasteiger partial charge in [-0.3, -0.25) is 9.69 Å². The van der Waals surface area contributed by atoms with Gasteiger partial charge < -0.3 is 5.11 Å². The van der Waals surface area contributed by atoms with E-state index in [0.29, 0.717) is 37.1 Å². The smallest absolute Gasteiger partial charge is 0.317 e. The number of nitrogens with zero attached hydrogens (tertiary/aromatic N) is 2. The zero-order valence-corrected chi connectivity index (χ0v) is 14.9. The first kappa shape index (κ1) is 18.8. The number of aliphatic carboxylic acids is 1. The minimum Gasteiger partial charge on any atom is -0.480 e. The van der Waals surface area contributed by atoms with Crippen LogP contribution in [0.5, 0.6) is 0 Å². The van der Waals surface area contributed by atoms with Gasteiger partial charge in [0, 0.05) is 19.1 Å². The van der Waals surface area contributed by atoms with Crippen molar-refractivity contribution in [3.8, 4) is 0 Å². The van der Waals surface area contributed by atoms with Crippen molar-refractivity contribution >= 4 is 16.0 Å². The van der Waals surface area contributed by atoms with E-state index in [0.717, 1.165) is 0 Å². The first-order valence-electron chi connectivity index (χ1n) is 7.82. The molecule has 0 saturated carbocycles. The molecule has 0 radical (unpaired) electrons. The van der Waals surface area contributed by atoms with Gasteiger partial charge in [-0.2, -0.15) is 4.31 Å². The van der Waals surface area contributed by atoms with Crippen LogP contribution in [0.4, 0.5) is 4.39 Å². The molecule has 0 bridgehead atoms. The average Bonchev–Trinajstić information content (AvgIpc) is 2.45. The Balaban J connectivity index is 2.15. The number of hydrogen-bond donors (Lipinski definition) is 1. The molecule has 1 heterocycles. The van der Waals surface area contributed by atoms with E-state index in [-0.39, 0.29) is 17.5 Å². The summed E-state index contributed by atoms with van der Waals surface area (Å²) in [5, 5.41) is 8.85. The quantitative estimate of drug-likeness (QED) is 0.865. The molecule has 0 unspecified atom stereocenters. The van der Waals surface area contributed by atoms with Gasteiger partial charge in [0.25, 0.3) is 0 Å². The van der Waals surface area contributed by atoms with E-state index >= 15 is 0 Å². The summed E-state index contributed by atoms with van der Waals surface area (Å²) in [6.45, 7) is 3.78. The topological polar surface area (TPSA) is 77.9 Å². The van der Waals surface area contributed by atoms with Gasteiger partial charge in [0.15, 0.2) is 0 Å². The van der Waals surface area contributed by atoms with E-state index in [1.165, 1.54) is 16.4 Å². The number of carboxylic acids is 1. The van der Waals surface area contributed by atoms with Gasteiger partial charge in [0.1, 0.15) is 5.82 Å². The molecule has 0 aromatic heterocycles. The lowest BCUT2D eigenvalue weighted by atomic mass is 10.1. The second-order valence-electron chi connectivity index (χ2n) is 6.31. The van der Waals surface area contributed by atoms with E-state index in [1.54, 1.807) is 25.8 Å². The Kier molecular flexibility index (Phi) is 5.62. The second kappa shape index (κ2) is 7.16. The lowest BCUT2D eigenvalue weighted by Gasteiger charge is -2.35. The summed E-state index contributed by atoms with van der Waals surface area (Å²) in [6.07, 6.45) is 1.14. The highest BCUT2D eigenvalue weighted by Crippen LogP contribution is 2.28. The largest absolute Gasteiger partial charge is 0.480 e. The fraction of sp³-hybridized carbons (Fsp3) is 0.562. The average molecular weight is 358 g/mol. The minimum absolute atomic E-state index is 0.0444. The van der Waals surface area contributed by atoms with Crippen LogP contribution < -0.4 is 0 Å². The molecule has 24 heavy (non-hydrogen) atoms. The Hall–Kier alpha value is -1.51. The monoisotopic (exact) mass is 358 g/mol. The fourth-order valence-corrected chi connectivity index (χ4v) is 5.18. The molecule has 0 aliphatic carbocycles. The van der Waals surface area contributed by atoms with E-state index in [4.69, 9.17) is 5.11 Å². The van der Waals surface area contributed by atoms with Crippen molar-refractivity contribution in [2.75, 3.05) is 26.7 Å². The molecule has 1 aromatic rings. The zero-order valence-electron chi connectivity index (χ0n) is 14.1. The SMILES string of the molecule is Cc1cc(F)cc(C)c1S(=O)(=O)N1CCC(N(C)CC(=O)O)CC1. The number of rotatable bonds is 5. The minimum atomic E-state index is -3.68. The maximum Gasteiger partial charge on any atom is 0.317 e. The van der Waals surface area contributed by atoms with Crippen LogP contribution in [0.2, 0.25) is 0 Å². The third-order valence-electron chi connectivity index (χ3n) is 4.45. The summed E-state index contributed by atoms with van der Waals surface area (Å²) in [5.74, 6) is -1.34. The van der Waals surface area contributed by atoms with Crippen molar-refractivity contribution < 1.29 is 22.7 Å². The molecule has 134 valence electrons. The van der Waals surface area contributed by atoms with Gasteiger partial charge in [-0.25, -0.2) is 12.8 Å². The number of carbonyl (C=O) groups is 1. The predicted molar refractivity (Wildman–Crippen MR) is 87.9 cm³/mol. The Bertz CT molecular complexity index is 705. The van der Waals surface area contributed by atoms with E-state index in [1.807, 2.05) is 0 Å². The third kappa shape index (κ3) is 3.93. The highest BCUT2D eigenvalue weighted by Gasteiger charge is 2.33. The van der Waals surface area contributed by atoms with Gasteiger partial charge in [-0.05, 0) is 57.0 Å². The maximum absolute atomic E-state index is 13.4. The molecule has 1 aliphatic heterocycles. The van der Waals surface area contributed by atoms with Crippen LogP contribution in [0.15, 0.2) is 17.0 Å². The molecular formula is C16H23FN2O4S. The van der Waals surface area contributed by atoms with Gasteiger partial charge in [0.2, 0.25) is 10.0 Å². The number of halogens is 1. The first-order valence-corrected chi connectivity index (χ1v) is 9.26. The molecule has 1 fully saturated rings. The molecular weight excluding hydrogens is 335 g/mol. The van der Waals surface area contributed by atoms with Gasteiger partial charge >= 0.3 is 5.97 Å². The summed E-state index contributed by atoms with van der Waals surface area (Å²) in [7, 11) is -1.95. The van der Waals surface area contributed by atoms with Crippen molar-refractivity contribution in [3.05, 3.63) is 29.1 Å². The van der Waals surface area contributed by atoms with Crippen molar-refractivity contribution in [2.24, 2.45) is 0 Å². The van der Waals surface area contributed by atoms with Crippen molar-refractivity contribution in [3.63, 3.8) is 0 Å². The number of aryl methyl sites for hydroxylation is 2. The summed E-state index contributed by atoms with van der Waals surface area (Å²) in [5.41, 5.74) is 0.801. The number of likely N-dealkylation sites (N-methyl/N-ethyl adjacent to an activating group) is 1. The molecule has 0 amide bonds. The van der Waals surface area contributed by atoms with E-state index in [2.05, 4.69) is 0 Å². The second-order valence-corrected chi connectivity index (χ2v) is 8.19. The number of benzene rings is 1. The Labute approximate surface area is 141 Å². The molecule has 1 saturated heterocycles. The maximum atomic E-state index is 13.4. The molecule has 0 spiro atoms. The van der Waals surface area contributed by atoms with Crippen LogP contribution in [-0.2, 0) is 14.8 Å². The summed E-state index contributed by atoms with van der Waals surface area (Å²) in [6, 6.07) is 2.50. The van der Waals surface area contributed by atoms with Crippen LogP contribution in [0.3, 0.4) is 0 Å². The molecule has 1 aliphatic rings. The molecule has 0 atom stereocenters. The summed E-state index contributed by atoms with van der Waals surface area (Å²) in [4.78, 5) is 12.7. The number of piperidine rings is 1. The number of sulfonamides is 1. The fourth-order valence-electron chi connectivity index (χ4n) is 3.30. The Morgan fingerprint density at radius 3 is 2.25 bits per heavy atom. The van der Waals surface area contributed by atoms with Crippen LogP contribution in [0, 0.1) is 19.7 Å². The molecule has 1 aromatic carbocycles. The van der Waals surface area contributed by atoms with Crippen LogP contribution in [0.25, 0.3) is 0 Å². The number of hydrogen-bond acceptors (Lipinski definition) is 4. The van der Waals surface area contributed by atoms with Gasteiger partial charge in [0.05, 0.1) is 11.4 Å². The van der Waals surface area contributed by atoms with Gasteiger partial charge in [-0.1, -0.05) is 0 Å². The highest BCUT2D eigenvalue weighted by molar-refractivity contribution is 7.89. The molecule has 2 rings (SSSR count). The molecule has 6 nitrogen and oxygen atoms in total. The number of carboxylic acid groups (broad SMARTS) is 1. The Morgan fingerprint density at radius 2 is 1.79 bits per heavy atom. The first-order chi connectivity index (χ1) is 11.1. The van der Waals surface area contributed by atoms with Crippen molar-refractivity contribution in [1.29, 1.82) is 0 Å². The normalized spacial score (nSPS) is 17.4. The van der Waals surface area contributed by atoms with Gasteiger partial charge in [-0.15, -0.1) is 0 Å². The van der Waals surface area contributed by atoms with E-state index < -0.39 is 21.8 Å². The van der Waals surface area contributed by atoms with Crippen molar-refractivity contribution in [1.82, 2.24) is 9.21 Å². The molecule has 1 N–H and O–H groups in total. The summed E-state index contributed by atoms with van der Waals surface area (Å²) >= 11 is 0.